The molecule has 2 rings (SSSR count). The first-order valence-electron chi connectivity index (χ1n) is 6.78. The molecule has 1 aromatic carbocycles. The third-order valence-corrected chi connectivity index (χ3v) is 4.92. The van der Waals surface area contributed by atoms with Gasteiger partial charge in [-0.25, -0.2) is 0 Å². The molecule has 0 radical (unpaired) electrons. The van der Waals surface area contributed by atoms with Crippen molar-refractivity contribution >= 4 is 34.6 Å². The number of nitrogens with one attached hydrogen (secondary N) is 1. The second-order valence-corrected chi connectivity index (χ2v) is 6.46. The van der Waals surface area contributed by atoms with E-state index in [9.17, 15) is 10.1 Å². The van der Waals surface area contributed by atoms with Gasteiger partial charge < -0.3 is 5.32 Å². The summed E-state index contributed by atoms with van der Waals surface area (Å²) in [4.78, 5) is 10.7. The number of nitrogens with zero attached hydrogens (tertiary/aromatic N) is 1. The average molecular weight is 317 g/mol. The van der Waals surface area contributed by atoms with E-state index < -0.39 is 4.92 Å². The van der Waals surface area contributed by atoms with Crippen LogP contribution in [0, 0.1) is 22.0 Å². The molecule has 3 unspecified atom stereocenters. The van der Waals surface area contributed by atoms with Crippen molar-refractivity contribution in [3.8, 4) is 0 Å². The Hall–Kier alpha value is -1.00. The smallest absolute Gasteiger partial charge is 0.293 e. The third kappa shape index (κ3) is 3.36. The lowest BCUT2D eigenvalue weighted by atomic mass is 9.79. The zero-order chi connectivity index (χ0) is 14.9. The highest BCUT2D eigenvalue weighted by Crippen LogP contribution is 2.37. The molecule has 4 nitrogen and oxygen atoms in total. The van der Waals surface area contributed by atoms with Crippen LogP contribution in [-0.4, -0.2) is 11.0 Å². The number of anilines is 1. The number of benzene rings is 1. The second kappa shape index (κ2) is 6.19. The van der Waals surface area contributed by atoms with Gasteiger partial charge in [0.25, 0.3) is 5.69 Å². The summed E-state index contributed by atoms with van der Waals surface area (Å²) in [6, 6.07) is 3.10. The normalized spacial score (nSPS) is 26.3. The van der Waals surface area contributed by atoms with Crippen LogP contribution < -0.4 is 5.32 Å². The van der Waals surface area contributed by atoms with Crippen molar-refractivity contribution in [3.05, 3.63) is 32.3 Å². The zero-order valence-corrected chi connectivity index (χ0v) is 13.0. The van der Waals surface area contributed by atoms with Gasteiger partial charge >= 0.3 is 0 Å². The largest absolute Gasteiger partial charge is 0.377 e. The first-order chi connectivity index (χ1) is 9.38. The van der Waals surface area contributed by atoms with Crippen molar-refractivity contribution in [2.75, 3.05) is 5.32 Å². The number of hydrogen-bond donors (Lipinski definition) is 1. The minimum atomic E-state index is -0.431. The van der Waals surface area contributed by atoms with Crippen LogP contribution in [0.1, 0.15) is 33.1 Å². The summed E-state index contributed by atoms with van der Waals surface area (Å²) in [6.07, 6.45) is 3.16. The van der Waals surface area contributed by atoms with Gasteiger partial charge in [-0.15, -0.1) is 0 Å². The molecule has 0 aromatic heterocycles. The maximum Gasteiger partial charge on any atom is 0.293 e. The molecular weight excluding hydrogens is 299 g/mol. The number of halogens is 2. The number of nitro benzene ring substituents is 1. The van der Waals surface area contributed by atoms with E-state index in [2.05, 4.69) is 19.2 Å². The molecule has 1 aromatic rings. The first kappa shape index (κ1) is 15.4. The van der Waals surface area contributed by atoms with E-state index in [1.54, 1.807) is 6.07 Å². The molecule has 0 aliphatic heterocycles. The van der Waals surface area contributed by atoms with Gasteiger partial charge in [0.1, 0.15) is 5.69 Å². The Morgan fingerprint density at radius 1 is 1.20 bits per heavy atom. The standard InChI is InChI=1S/C14H18Cl2N2O2/c1-8-3-4-10(5-9(8)2)17-13-6-11(15)12(16)7-14(13)18(19)20/h6-10,17H,3-5H2,1-2H3. The molecule has 110 valence electrons. The Morgan fingerprint density at radius 3 is 2.45 bits per heavy atom. The van der Waals surface area contributed by atoms with E-state index in [-0.39, 0.29) is 16.8 Å². The molecular formula is C14H18Cl2N2O2. The van der Waals surface area contributed by atoms with Gasteiger partial charge in [-0.2, -0.15) is 0 Å². The molecule has 1 saturated carbocycles. The third-order valence-electron chi connectivity index (χ3n) is 4.19. The molecule has 1 fully saturated rings. The van der Waals surface area contributed by atoms with Crippen LogP contribution in [0.3, 0.4) is 0 Å². The number of nitro groups is 1. The lowest BCUT2D eigenvalue weighted by molar-refractivity contribution is -0.384. The van der Waals surface area contributed by atoms with Gasteiger partial charge in [0.05, 0.1) is 15.0 Å². The van der Waals surface area contributed by atoms with Crippen LogP contribution >= 0.6 is 23.2 Å². The van der Waals surface area contributed by atoms with Gasteiger partial charge in [0.15, 0.2) is 0 Å². The molecule has 1 N–H and O–H groups in total. The minimum Gasteiger partial charge on any atom is -0.377 e. The van der Waals surface area contributed by atoms with Crippen LogP contribution in [0.4, 0.5) is 11.4 Å². The molecule has 0 saturated heterocycles. The SMILES string of the molecule is CC1CCC(Nc2cc(Cl)c(Cl)cc2[N+](=O)[O-])CC1C. The molecule has 0 spiro atoms. The fourth-order valence-corrected chi connectivity index (χ4v) is 3.02. The summed E-state index contributed by atoms with van der Waals surface area (Å²) in [6.45, 7) is 4.48. The van der Waals surface area contributed by atoms with Crippen LogP contribution in [0.5, 0.6) is 0 Å². The predicted octanol–water partition coefficient (Wildman–Crippen LogP) is 5.14. The van der Waals surface area contributed by atoms with Crippen LogP contribution in [0.2, 0.25) is 10.0 Å². The highest BCUT2D eigenvalue weighted by atomic mass is 35.5. The van der Waals surface area contributed by atoms with Gasteiger partial charge in [-0.1, -0.05) is 37.0 Å². The average Bonchev–Trinajstić information content (AvgIpc) is 2.37. The van der Waals surface area contributed by atoms with Gasteiger partial charge in [-0.05, 0) is 37.2 Å². The van der Waals surface area contributed by atoms with E-state index >= 15 is 0 Å². The highest BCUT2D eigenvalue weighted by Gasteiger charge is 2.26. The minimum absolute atomic E-state index is 0.0225. The van der Waals surface area contributed by atoms with Gasteiger partial charge in [0, 0.05) is 12.1 Å². The Kier molecular flexibility index (Phi) is 4.76. The van der Waals surface area contributed by atoms with Crippen molar-refractivity contribution in [3.63, 3.8) is 0 Å². The van der Waals surface area contributed by atoms with Crippen LogP contribution in [0.15, 0.2) is 12.1 Å². The first-order valence-corrected chi connectivity index (χ1v) is 7.54. The lowest BCUT2D eigenvalue weighted by Crippen LogP contribution is -2.30. The Bertz CT molecular complexity index is 522. The van der Waals surface area contributed by atoms with E-state index in [4.69, 9.17) is 23.2 Å². The summed E-state index contributed by atoms with van der Waals surface area (Å²) in [7, 11) is 0. The van der Waals surface area contributed by atoms with Crippen LogP contribution in [0.25, 0.3) is 0 Å². The number of rotatable bonds is 3. The Morgan fingerprint density at radius 2 is 1.85 bits per heavy atom. The maximum atomic E-state index is 11.1. The summed E-state index contributed by atoms with van der Waals surface area (Å²) in [5.74, 6) is 1.32. The van der Waals surface area contributed by atoms with E-state index in [1.165, 1.54) is 6.07 Å². The summed E-state index contributed by atoms with van der Waals surface area (Å²) in [5, 5.41) is 14.9. The van der Waals surface area contributed by atoms with Gasteiger partial charge in [-0.3, -0.25) is 10.1 Å². The lowest BCUT2D eigenvalue weighted by Gasteiger charge is -2.33. The van der Waals surface area contributed by atoms with E-state index in [0.29, 0.717) is 22.5 Å². The molecule has 0 amide bonds. The molecule has 1 aliphatic rings. The highest BCUT2D eigenvalue weighted by molar-refractivity contribution is 6.42. The predicted molar refractivity (Wildman–Crippen MR) is 82.7 cm³/mol. The summed E-state index contributed by atoms with van der Waals surface area (Å²) >= 11 is 11.8. The topological polar surface area (TPSA) is 55.2 Å². The molecule has 3 atom stereocenters. The van der Waals surface area contributed by atoms with Crippen LogP contribution in [-0.2, 0) is 0 Å². The van der Waals surface area contributed by atoms with Crippen molar-refractivity contribution in [2.45, 2.75) is 39.2 Å². The zero-order valence-electron chi connectivity index (χ0n) is 11.5. The Labute approximate surface area is 128 Å². The summed E-state index contributed by atoms with van der Waals surface area (Å²) in [5.41, 5.74) is 0.432. The monoisotopic (exact) mass is 316 g/mol. The summed E-state index contributed by atoms with van der Waals surface area (Å²) < 4.78 is 0. The quantitative estimate of drug-likeness (QED) is 0.620. The van der Waals surface area contributed by atoms with E-state index in [1.807, 2.05) is 0 Å². The molecule has 20 heavy (non-hydrogen) atoms. The van der Waals surface area contributed by atoms with Crippen molar-refractivity contribution in [1.29, 1.82) is 0 Å². The van der Waals surface area contributed by atoms with Crippen molar-refractivity contribution in [1.82, 2.24) is 0 Å². The van der Waals surface area contributed by atoms with Crippen molar-refractivity contribution < 1.29 is 4.92 Å². The second-order valence-electron chi connectivity index (χ2n) is 5.65. The van der Waals surface area contributed by atoms with E-state index in [0.717, 1.165) is 19.3 Å². The fourth-order valence-electron chi connectivity index (χ4n) is 2.70. The fraction of sp³-hybridized carbons (Fsp3) is 0.571. The van der Waals surface area contributed by atoms with Gasteiger partial charge in [0.2, 0.25) is 0 Å². The van der Waals surface area contributed by atoms with Crippen molar-refractivity contribution in [2.24, 2.45) is 11.8 Å². The number of hydrogen-bond acceptors (Lipinski definition) is 3. The molecule has 1 aliphatic carbocycles. The molecule has 0 bridgehead atoms. The molecule has 6 heteroatoms. The Balaban J connectivity index is 2.20. The maximum absolute atomic E-state index is 11.1. The molecule has 0 heterocycles.